The molecule has 0 aliphatic carbocycles. The van der Waals surface area contributed by atoms with Crippen LogP contribution >= 0.6 is 0 Å². The second kappa shape index (κ2) is 3.82. The Bertz CT molecular complexity index is 571. The molecule has 2 heterocycles. The van der Waals surface area contributed by atoms with E-state index >= 15 is 0 Å². The van der Waals surface area contributed by atoms with E-state index in [-0.39, 0.29) is 12.0 Å². The first-order valence-corrected chi connectivity index (χ1v) is 5.57. The third-order valence-electron chi connectivity index (χ3n) is 3.03. The lowest BCUT2D eigenvalue weighted by atomic mass is 10.1. The minimum absolute atomic E-state index is 0.105. The molecule has 3 rings (SSSR count). The smallest absolute Gasteiger partial charge is 0.273 e. The van der Waals surface area contributed by atoms with Gasteiger partial charge in [-0.1, -0.05) is 24.3 Å². The van der Waals surface area contributed by atoms with Gasteiger partial charge in [0, 0.05) is 24.7 Å². The van der Waals surface area contributed by atoms with Crippen molar-refractivity contribution in [2.75, 3.05) is 13.1 Å². The van der Waals surface area contributed by atoms with Crippen molar-refractivity contribution in [3.63, 3.8) is 0 Å². The van der Waals surface area contributed by atoms with Crippen LogP contribution in [-0.4, -0.2) is 40.1 Å². The Hall–Kier alpha value is -1.94. The molecule has 0 saturated carbocycles. The molecule has 1 N–H and O–H groups in total. The molecule has 1 aromatic heterocycles. The maximum atomic E-state index is 12.1. The van der Waals surface area contributed by atoms with Gasteiger partial charge in [-0.05, 0) is 11.5 Å². The number of likely N-dealkylation sites (tertiary alicyclic amines) is 1. The van der Waals surface area contributed by atoms with Crippen LogP contribution in [0.1, 0.15) is 10.5 Å². The number of aliphatic hydroxyl groups excluding tert-OH is 1. The second-order valence-corrected chi connectivity index (χ2v) is 4.24. The highest BCUT2D eigenvalue weighted by Crippen LogP contribution is 2.20. The van der Waals surface area contributed by atoms with Crippen molar-refractivity contribution >= 4 is 16.7 Å². The van der Waals surface area contributed by atoms with Crippen molar-refractivity contribution in [3.8, 4) is 0 Å². The Morgan fingerprint density at radius 3 is 2.82 bits per heavy atom. The van der Waals surface area contributed by atoms with Gasteiger partial charge in [0.1, 0.15) is 5.69 Å². The molecule has 1 saturated heterocycles. The minimum atomic E-state index is -0.381. The standard InChI is InChI=1S/C13H12N2O2/c16-10-7-15(8-10)13(17)12-11-4-2-1-3-9(11)5-6-14-12/h1-6,10,16H,7-8H2. The monoisotopic (exact) mass is 228 g/mol. The van der Waals surface area contributed by atoms with Gasteiger partial charge in [0.15, 0.2) is 0 Å². The summed E-state index contributed by atoms with van der Waals surface area (Å²) >= 11 is 0. The van der Waals surface area contributed by atoms with Crippen LogP contribution in [0.25, 0.3) is 10.8 Å². The van der Waals surface area contributed by atoms with Gasteiger partial charge in [-0.2, -0.15) is 0 Å². The summed E-state index contributed by atoms with van der Waals surface area (Å²) in [5.41, 5.74) is 0.468. The zero-order chi connectivity index (χ0) is 11.8. The van der Waals surface area contributed by atoms with Crippen molar-refractivity contribution < 1.29 is 9.90 Å². The van der Waals surface area contributed by atoms with E-state index in [1.807, 2.05) is 30.3 Å². The molecular weight excluding hydrogens is 216 g/mol. The molecule has 17 heavy (non-hydrogen) atoms. The molecule has 0 radical (unpaired) electrons. The summed E-state index contributed by atoms with van der Waals surface area (Å²) in [6.45, 7) is 0.813. The number of carbonyl (C=O) groups excluding carboxylic acids is 1. The van der Waals surface area contributed by atoms with Gasteiger partial charge in [-0.3, -0.25) is 9.78 Å². The fourth-order valence-corrected chi connectivity index (χ4v) is 2.06. The molecule has 2 aromatic rings. The Morgan fingerprint density at radius 2 is 2.06 bits per heavy atom. The van der Waals surface area contributed by atoms with Crippen LogP contribution in [0, 0.1) is 0 Å². The molecule has 0 unspecified atom stereocenters. The average molecular weight is 228 g/mol. The number of amides is 1. The zero-order valence-corrected chi connectivity index (χ0v) is 9.21. The summed E-state index contributed by atoms with van der Waals surface area (Å²) < 4.78 is 0. The van der Waals surface area contributed by atoms with Gasteiger partial charge < -0.3 is 10.0 Å². The Labute approximate surface area is 98.5 Å². The van der Waals surface area contributed by atoms with Crippen LogP contribution in [0.3, 0.4) is 0 Å². The van der Waals surface area contributed by atoms with Crippen LogP contribution < -0.4 is 0 Å². The maximum absolute atomic E-state index is 12.1. The fourth-order valence-electron chi connectivity index (χ4n) is 2.06. The van der Waals surface area contributed by atoms with E-state index < -0.39 is 0 Å². The molecule has 4 nitrogen and oxygen atoms in total. The molecule has 1 aromatic carbocycles. The van der Waals surface area contributed by atoms with Crippen molar-refractivity contribution in [3.05, 3.63) is 42.2 Å². The summed E-state index contributed by atoms with van der Waals surface area (Å²) in [7, 11) is 0. The van der Waals surface area contributed by atoms with Crippen LogP contribution in [0.5, 0.6) is 0 Å². The van der Waals surface area contributed by atoms with Crippen LogP contribution in [0.15, 0.2) is 36.5 Å². The number of aliphatic hydroxyl groups is 1. The maximum Gasteiger partial charge on any atom is 0.273 e. The van der Waals surface area contributed by atoms with Gasteiger partial charge in [0.2, 0.25) is 0 Å². The highest BCUT2D eigenvalue weighted by molar-refractivity contribution is 6.05. The number of hydrogen-bond acceptors (Lipinski definition) is 3. The van der Waals surface area contributed by atoms with E-state index in [0.717, 1.165) is 10.8 Å². The Balaban J connectivity index is 2.02. The summed E-state index contributed by atoms with van der Waals surface area (Å²) in [5.74, 6) is -0.105. The second-order valence-electron chi connectivity index (χ2n) is 4.24. The number of β-amino-alcohol motifs (C(OH)–C–C–N with tert-alkyl or cyclic N) is 1. The summed E-state index contributed by atoms with van der Waals surface area (Å²) in [4.78, 5) is 17.9. The number of hydrogen-bond donors (Lipinski definition) is 1. The average Bonchev–Trinajstić information content (AvgIpc) is 2.33. The Morgan fingerprint density at radius 1 is 1.29 bits per heavy atom. The quantitative estimate of drug-likeness (QED) is 0.793. The highest BCUT2D eigenvalue weighted by atomic mass is 16.3. The first-order valence-electron chi connectivity index (χ1n) is 5.57. The minimum Gasteiger partial charge on any atom is -0.389 e. The van der Waals surface area contributed by atoms with Gasteiger partial charge in [0.25, 0.3) is 5.91 Å². The lowest BCUT2D eigenvalue weighted by Crippen LogP contribution is -2.53. The normalized spacial score (nSPS) is 15.9. The van der Waals surface area contributed by atoms with Crippen molar-refractivity contribution in [1.29, 1.82) is 0 Å². The molecule has 0 spiro atoms. The van der Waals surface area contributed by atoms with E-state index in [0.29, 0.717) is 18.8 Å². The number of aromatic nitrogens is 1. The van der Waals surface area contributed by atoms with Crippen molar-refractivity contribution in [1.82, 2.24) is 9.88 Å². The fraction of sp³-hybridized carbons (Fsp3) is 0.231. The molecule has 1 amide bonds. The van der Waals surface area contributed by atoms with Crippen LogP contribution in [0.2, 0.25) is 0 Å². The van der Waals surface area contributed by atoms with E-state index in [4.69, 9.17) is 0 Å². The first kappa shape index (κ1) is 10.2. The third kappa shape index (κ3) is 1.66. The van der Waals surface area contributed by atoms with Gasteiger partial charge in [0.05, 0.1) is 6.10 Å². The SMILES string of the molecule is O=C(c1nccc2ccccc12)N1CC(O)C1. The third-order valence-corrected chi connectivity index (χ3v) is 3.03. The van der Waals surface area contributed by atoms with E-state index in [1.165, 1.54) is 0 Å². The van der Waals surface area contributed by atoms with Gasteiger partial charge >= 0.3 is 0 Å². The van der Waals surface area contributed by atoms with Crippen molar-refractivity contribution in [2.45, 2.75) is 6.10 Å². The van der Waals surface area contributed by atoms with E-state index in [9.17, 15) is 9.90 Å². The predicted octanol–water partition coefficient (Wildman–Crippen LogP) is 1.05. The lowest BCUT2D eigenvalue weighted by molar-refractivity contribution is 0.00565. The lowest BCUT2D eigenvalue weighted by Gasteiger charge is -2.35. The predicted molar refractivity (Wildman–Crippen MR) is 63.7 cm³/mol. The molecule has 0 atom stereocenters. The Kier molecular flexibility index (Phi) is 2.30. The number of nitrogens with zero attached hydrogens (tertiary/aromatic N) is 2. The van der Waals surface area contributed by atoms with E-state index in [1.54, 1.807) is 11.1 Å². The summed E-state index contributed by atoms with van der Waals surface area (Å²) in [6, 6.07) is 9.57. The number of pyridine rings is 1. The number of carbonyl (C=O) groups is 1. The molecule has 1 aliphatic heterocycles. The van der Waals surface area contributed by atoms with Gasteiger partial charge in [-0.25, -0.2) is 0 Å². The van der Waals surface area contributed by atoms with Crippen LogP contribution in [0.4, 0.5) is 0 Å². The molecule has 1 fully saturated rings. The zero-order valence-electron chi connectivity index (χ0n) is 9.21. The largest absolute Gasteiger partial charge is 0.389 e. The number of rotatable bonds is 1. The molecule has 86 valence electrons. The molecular formula is C13H12N2O2. The number of benzene rings is 1. The molecule has 4 heteroatoms. The van der Waals surface area contributed by atoms with Crippen LogP contribution in [-0.2, 0) is 0 Å². The summed E-state index contributed by atoms with van der Waals surface area (Å²) in [6.07, 6.45) is 1.26. The molecule has 0 bridgehead atoms. The first-order chi connectivity index (χ1) is 8.25. The van der Waals surface area contributed by atoms with E-state index in [2.05, 4.69) is 4.98 Å². The molecule has 1 aliphatic rings. The topological polar surface area (TPSA) is 53.4 Å². The van der Waals surface area contributed by atoms with Gasteiger partial charge in [-0.15, -0.1) is 0 Å². The summed E-state index contributed by atoms with van der Waals surface area (Å²) in [5, 5.41) is 11.1. The highest BCUT2D eigenvalue weighted by Gasteiger charge is 2.30. The van der Waals surface area contributed by atoms with Crippen molar-refractivity contribution in [2.24, 2.45) is 0 Å². The number of fused-ring (bicyclic) bond motifs is 1.